The van der Waals surface area contributed by atoms with E-state index in [1.54, 1.807) is 19.9 Å². The molecule has 0 bridgehead atoms. The van der Waals surface area contributed by atoms with Crippen LogP contribution in [0.15, 0.2) is 22.4 Å². The molecule has 3 rings (SSSR count). The molecule has 0 amide bonds. The first-order valence-corrected chi connectivity index (χ1v) is 13.2. The standard InChI is InChI=1S/C20H25F3N6O4S2/c1-5-29-12(4)6-7-13-8-14(15(9-16(13)29)28-35(31,32)10-20(21,22)23)24-26-19-27-25-17(34-19)18(30)33-11(2)3/h8-9,11-12,28H,5-7,10H2,1-4H3. The Labute approximate surface area is 204 Å². The van der Waals surface area contributed by atoms with Gasteiger partial charge in [-0.05, 0) is 58.2 Å². The van der Waals surface area contributed by atoms with Gasteiger partial charge in [0.15, 0.2) is 5.75 Å². The maximum absolute atomic E-state index is 12.8. The van der Waals surface area contributed by atoms with Gasteiger partial charge < -0.3 is 9.64 Å². The molecule has 15 heteroatoms. The molecular weight excluding hydrogens is 509 g/mol. The van der Waals surface area contributed by atoms with E-state index in [0.717, 1.165) is 23.3 Å². The van der Waals surface area contributed by atoms with E-state index in [1.165, 1.54) is 6.07 Å². The van der Waals surface area contributed by atoms with Crippen molar-refractivity contribution < 1.29 is 31.1 Å². The summed E-state index contributed by atoms with van der Waals surface area (Å²) in [6.45, 7) is 7.94. The van der Waals surface area contributed by atoms with Gasteiger partial charge in [0.2, 0.25) is 15.0 Å². The Balaban J connectivity index is 1.98. The third-order valence-electron chi connectivity index (χ3n) is 5.00. The molecule has 0 radical (unpaired) electrons. The van der Waals surface area contributed by atoms with Crippen molar-refractivity contribution in [2.45, 2.75) is 58.9 Å². The number of benzene rings is 1. The number of alkyl halides is 3. The average molecular weight is 535 g/mol. The molecule has 1 unspecified atom stereocenters. The monoisotopic (exact) mass is 534 g/mol. The first kappa shape index (κ1) is 26.8. The van der Waals surface area contributed by atoms with E-state index in [-0.39, 0.29) is 33.7 Å². The first-order chi connectivity index (χ1) is 16.3. The molecule has 1 N–H and O–H groups in total. The lowest BCUT2D eigenvalue weighted by Gasteiger charge is -2.36. The molecule has 192 valence electrons. The van der Waals surface area contributed by atoms with Gasteiger partial charge >= 0.3 is 12.1 Å². The van der Waals surface area contributed by atoms with Crippen LogP contribution < -0.4 is 9.62 Å². The number of anilines is 2. The van der Waals surface area contributed by atoms with Crippen LogP contribution in [0.2, 0.25) is 0 Å². The number of esters is 1. The Morgan fingerprint density at radius 1 is 1.31 bits per heavy atom. The fourth-order valence-corrected chi connectivity index (χ4v) is 5.16. The summed E-state index contributed by atoms with van der Waals surface area (Å²) >= 11 is 0.809. The highest BCUT2D eigenvalue weighted by atomic mass is 32.2. The SMILES string of the molecule is CCN1c2cc(NS(=O)(=O)CC(F)(F)F)c(N=Nc3nnc(C(=O)OC(C)C)s3)cc2CCC1C. The fourth-order valence-electron chi connectivity index (χ4n) is 3.61. The van der Waals surface area contributed by atoms with Gasteiger partial charge in [-0.25, -0.2) is 13.2 Å². The van der Waals surface area contributed by atoms with Crippen molar-refractivity contribution in [2.24, 2.45) is 10.2 Å². The zero-order valence-electron chi connectivity index (χ0n) is 19.5. The van der Waals surface area contributed by atoms with Gasteiger partial charge in [-0.1, -0.05) is 11.3 Å². The number of carbonyl (C=O) groups excluding carboxylic acids is 1. The van der Waals surface area contributed by atoms with Crippen LogP contribution in [0.3, 0.4) is 0 Å². The maximum Gasteiger partial charge on any atom is 0.404 e. The molecule has 1 aliphatic rings. The van der Waals surface area contributed by atoms with Crippen LogP contribution in [0.4, 0.5) is 35.4 Å². The molecule has 2 aromatic rings. The number of rotatable bonds is 8. The molecule has 0 fully saturated rings. The lowest BCUT2D eigenvalue weighted by Crippen LogP contribution is -2.37. The summed E-state index contributed by atoms with van der Waals surface area (Å²) in [6.07, 6.45) is -3.76. The summed E-state index contributed by atoms with van der Waals surface area (Å²) in [7, 11) is -4.76. The van der Waals surface area contributed by atoms with Gasteiger partial charge in [0.1, 0.15) is 5.69 Å². The third kappa shape index (κ3) is 7.10. The summed E-state index contributed by atoms with van der Waals surface area (Å²) in [4.78, 5) is 14.0. The number of halogens is 3. The van der Waals surface area contributed by atoms with Crippen LogP contribution in [0, 0.1) is 0 Å². The minimum Gasteiger partial charge on any atom is -0.458 e. The Kier molecular flexibility index (Phi) is 7.99. The molecule has 1 aromatic heterocycles. The number of nitrogens with zero attached hydrogens (tertiary/aromatic N) is 5. The lowest BCUT2D eigenvalue weighted by atomic mass is 9.95. The molecule has 0 saturated heterocycles. The number of hydrogen-bond donors (Lipinski definition) is 1. The topological polar surface area (TPSA) is 126 Å². The van der Waals surface area contributed by atoms with E-state index >= 15 is 0 Å². The van der Waals surface area contributed by atoms with E-state index in [4.69, 9.17) is 4.74 Å². The van der Waals surface area contributed by atoms with Crippen molar-refractivity contribution in [2.75, 3.05) is 21.9 Å². The average Bonchev–Trinajstić information content (AvgIpc) is 3.19. The van der Waals surface area contributed by atoms with Crippen molar-refractivity contribution in [3.63, 3.8) is 0 Å². The van der Waals surface area contributed by atoms with Crippen LogP contribution >= 0.6 is 11.3 Å². The highest BCUT2D eigenvalue weighted by molar-refractivity contribution is 7.92. The van der Waals surface area contributed by atoms with Gasteiger partial charge in [-0.2, -0.15) is 13.2 Å². The van der Waals surface area contributed by atoms with Crippen molar-refractivity contribution in [3.05, 3.63) is 22.7 Å². The Hall–Kier alpha value is -2.81. The summed E-state index contributed by atoms with van der Waals surface area (Å²) in [5.74, 6) is -2.72. The van der Waals surface area contributed by atoms with Gasteiger partial charge in [0.05, 0.1) is 11.8 Å². The second-order valence-electron chi connectivity index (χ2n) is 8.19. The number of sulfonamides is 1. The van der Waals surface area contributed by atoms with Gasteiger partial charge in [0, 0.05) is 18.3 Å². The van der Waals surface area contributed by atoms with E-state index in [1.807, 2.05) is 23.5 Å². The highest BCUT2D eigenvalue weighted by Gasteiger charge is 2.36. The smallest absolute Gasteiger partial charge is 0.404 e. The van der Waals surface area contributed by atoms with E-state index in [9.17, 15) is 26.4 Å². The molecule has 2 heterocycles. The van der Waals surface area contributed by atoms with Gasteiger partial charge in [-0.15, -0.1) is 20.4 Å². The normalized spacial score (nSPS) is 16.6. The van der Waals surface area contributed by atoms with E-state index in [2.05, 4.69) is 20.4 Å². The number of ether oxygens (including phenoxy) is 1. The minimum absolute atomic E-state index is 0.00803. The van der Waals surface area contributed by atoms with E-state index < -0.39 is 27.9 Å². The second-order valence-corrected chi connectivity index (χ2v) is 10.9. The molecule has 10 nitrogen and oxygen atoms in total. The van der Waals surface area contributed by atoms with Crippen LogP contribution in [0.25, 0.3) is 0 Å². The molecular formula is C20H25F3N6O4S2. The number of fused-ring (bicyclic) bond motifs is 1. The largest absolute Gasteiger partial charge is 0.458 e. The number of nitrogens with one attached hydrogen (secondary N) is 1. The summed E-state index contributed by atoms with van der Waals surface area (Å²) in [5.41, 5.74) is 1.44. The Morgan fingerprint density at radius 2 is 2.03 bits per heavy atom. The van der Waals surface area contributed by atoms with Crippen LogP contribution in [-0.4, -0.2) is 55.2 Å². The number of aromatic nitrogens is 2. The zero-order chi connectivity index (χ0) is 26.0. The lowest BCUT2D eigenvalue weighted by molar-refractivity contribution is -0.106. The summed E-state index contributed by atoms with van der Waals surface area (Å²) in [6, 6.07) is 3.24. The number of hydrogen-bond acceptors (Lipinski definition) is 10. The number of aryl methyl sites for hydroxylation is 1. The van der Waals surface area contributed by atoms with Gasteiger partial charge in [0.25, 0.3) is 5.13 Å². The molecule has 0 saturated carbocycles. The molecule has 0 spiro atoms. The third-order valence-corrected chi connectivity index (χ3v) is 7.03. The summed E-state index contributed by atoms with van der Waals surface area (Å²) in [5, 5.41) is 15.3. The first-order valence-electron chi connectivity index (χ1n) is 10.7. The van der Waals surface area contributed by atoms with Crippen LogP contribution in [0.1, 0.15) is 49.5 Å². The molecule has 35 heavy (non-hydrogen) atoms. The second kappa shape index (κ2) is 10.4. The van der Waals surface area contributed by atoms with Crippen LogP contribution in [0.5, 0.6) is 0 Å². The Morgan fingerprint density at radius 3 is 2.66 bits per heavy atom. The highest BCUT2D eigenvalue weighted by Crippen LogP contribution is 2.40. The van der Waals surface area contributed by atoms with Gasteiger partial charge in [-0.3, -0.25) is 4.72 Å². The zero-order valence-corrected chi connectivity index (χ0v) is 21.1. The van der Waals surface area contributed by atoms with Crippen molar-refractivity contribution in [1.82, 2.24) is 10.2 Å². The van der Waals surface area contributed by atoms with Crippen molar-refractivity contribution >= 4 is 49.5 Å². The van der Waals surface area contributed by atoms with Crippen LogP contribution in [-0.2, 0) is 21.2 Å². The van der Waals surface area contributed by atoms with Crippen molar-refractivity contribution in [1.29, 1.82) is 0 Å². The maximum atomic E-state index is 12.8. The predicted molar refractivity (Wildman–Crippen MR) is 125 cm³/mol. The number of azo groups is 1. The number of carbonyl (C=O) groups is 1. The fraction of sp³-hybridized carbons (Fsp3) is 0.550. The predicted octanol–water partition coefficient (Wildman–Crippen LogP) is 4.98. The molecule has 1 aromatic carbocycles. The molecule has 0 aliphatic carbocycles. The molecule has 1 aliphatic heterocycles. The summed E-state index contributed by atoms with van der Waals surface area (Å²) < 4.78 is 69.8. The van der Waals surface area contributed by atoms with E-state index in [0.29, 0.717) is 18.7 Å². The van der Waals surface area contributed by atoms with Crippen molar-refractivity contribution in [3.8, 4) is 0 Å². The quantitative estimate of drug-likeness (QED) is 0.374. The minimum atomic E-state index is -4.92. The molecule has 1 atom stereocenters. The Bertz CT molecular complexity index is 1210.